The lowest BCUT2D eigenvalue weighted by Crippen LogP contribution is -1.97. The van der Waals surface area contributed by atoms with Crippen LogP contribution < -0.4 is 0 Å². The second-order valence-electron chi connectivity index (χ2n) is 3.89. The number of rotatable bonds is 2. The summed E-state index contributed by atoms with van der Waals surface area (Å²) < 4.78 is 1.80. The molecule has 0 atom stereocenters. The molecule has 0 bridgehead atoms. The summed E-state index contributed by atoms with van der Waals surface area (Å²) in [6.45, 7) is 0. The van der Waals surface area contributed by atoms with Gasteiger partial charge in [-0.1, -0.05) is 29.8 Å². The van der Waals surface area contributed by atoms with E-state index in [0.29, 0.717) is 16.5 Å². The second kappa shape index (κ2) is 4.27. The Balaban J connectivity index is 2.37. The van der Waals surface area contributed by atoms with Crippen molar-refractivity contribution in [3.8, 4) is 11.4 Å². The first kappa shape index (κ1) is 11.0. The van der Waals surface area contributed by atoms with Crippen molar-refractivity contribution in [2.45, 2.75) is 0 Å². The van der Waals surface area contributed by atoms with Crippen molar-refractivity contribution in [3.63, 3.8) is 0 Å². The first-order valence-electron chi connectivity index (χ1n) is 5.48. The van der Waals surface area contributed by atoms with Gasteiger partial charge in [0, 0.05) is 5.56 Å². The first-order chi connectivity index (χ1) is 8.81. The summed E-state index contributed by atoms with van der Waals surface area (Å²) in [7, 11) is 0. The van der Waals surface area contributed by atoms with Gasteiger partial charge in [-0.3, -0.25) is 9.20 Å². The molecule has 2 heterocycles. The number of fused-ring (bicyclic) bond motifs is 1. The van der Waals surface area contributed by atoms with E-state index in [9.17, 15) is 4.79 Å². The van der Waals surface area contributed by atoms with Crippen LogP contribution in [0.25, 0.3) is 16.9 Å². The maximum atomic E-state index is 11.1. The summed E-state index contributed by atoms with van der Waals surface area (Å²) in [5.74, 6) is 0.679. The van der Waals surface area contributed by atoms with E-state index in [2.05, 4.69) is 4.98 Å². The fraction of sp³-hybridized carbons (Fsp3) is 0. The molecular formula is C14H9ClN2O. The number of pyridine rings is 1. The third kappa shape index (κ3) is 1.60. The first-order valence-corrected chi connectivity index (χ1v) is 5.85. The maximum absolute atomic E-state index is 11.1. The predicted molar refractivity (Wildman–Crippen MR) is 71.0 cm³/mol. The van der Waals surface area contributed by atoms with Crippen LogP contribution in [0.15, 0.2) is 48.7 Å². The number of hydrogen-bond donors (Lipinski definition) is 0. The lowest BCUT2D eigenvalue weighted by molar-refractivity contribution is 0.111. The molecule has 3 rings (SSSR count). The highest BCUT2D eigenvalue weighted by Gasteiger charge is 2.11. The zero-order valence-electron chi connectivity index (χ0n) is 9.38. The molecule has 18 heavy (non-hydrogen) atoms. The molecule has 0 radical (unpaired) electrons. The third-order valence-corrected chi connectivity index (χ3v) is 3.15. The van der Waals surface area contributed by atoms with Gasteiger partial charge in [0.15, 0.2) is 6.29 Å². The minimum Gasteiger partial charge on any atom is -0.296 e. The van der Waals surface area contributed by atoms with E-state index in [1.807, 2.05) is 36.4 Å². The molecule has 4 heteroatoms. The topological polar surface area (TPSA) is 34.4 Å². The Hall–Kier alpha value is -2.13. The van der Waals surface area contributed by atoms with Crippen molar-refractivity contribution in [2.24, 2.45) is 0 Å². The molecule has 0 unspecified atom stereocenters. The Morgan fingerprint density at radius 3 is 2.72 bits per heavy atom. The van der Waals surface area contributed by atoms with Gasteiger partial charge in [0.05, 0.1) is 22.4 Å². The van der Waals surface area contributed by atoms with E-state index in [4.69, 9.17) is 11.6 Å². The largest absolute Gasteiger partial charge is 0.296 e. The summed E-state index contributed by atoms with van der Waals surface area (Å²) in [5, 5.41) is 0.616. The molecule has 2 aromatic heterocycles. The normalized spacial score (nSPS) is 10.7. The van der Waals surface area contributed by atoms with Gasteiger partial charge in [-0.25, -0.2) is 4.98 Å². The molecule has 0 amide bonds. The molecule has 0 N–H and O–H groups in total. The Morgan fingerprint density at radius 2 is 1.94 bits per heavy atom. The van der Waals surface area contributed by atoms with Gasteiger partial charge in [-0.15, -0.1) is 0 Å². The summed E-state index contributed by atoms with van der Waals surface area (Å²) in [5.41, 5.74) is 2.24. The molecule has 0 saturated heterocycles. The van der Waals surface area contributed by atoms with Gasteiger partial charge < -0.3 is 0 Å². The molecule has 0 fully saturated rings. The summed E-state index contributed by atoms with van der Waals surface area (Å²) >= 11 is 6.17. The lowest BCUT2D eigenvalue weighted by Gasteiger charge is -2.05. The maximum Gasteiger partial charge on any atom is 0.166 e. The van der Waals surface area contributed by atoms with Gasteiger partial charge in [0.25, 0.3) is 0 Å². The number of imidazole rings is 1. The molecule has 88 valence electrons. The van der Waals surface area contributed by atoms with Crippen molar-refractivity contribution in [1.29, 1.82) is 0 Å². The van der Waals surface area contributed by atoms with Gasteiger partial charge in [0.1, 0.15) is 5.82 Å². The van der Waals surface area contributed by atoms with Gasteiger partial charge in [-0.05, 0) is 24.3 Å². The van der Waals surface area contributed by atoms with E-state index in [1.54, 1.807) is 16.7 Å². The summed E-state index contributed by atoms with van der Waals surface area (Å²) in [4.78, 5) is 15.5. The predicted octanol–water partition coefficient (Wildman–Crippen LogP) is 3.47. The van der Waals surface area contributed by atoms with Gasteiger partial charge >= 0.3 is 0 Å². The number of nitrogens with zero attached hydrogens (tertiary/aromatic N) is 2. The minimum atomic E-state index is 0.555. The van der Waals surface area contributed by atoms with Crippen molar-refractivity contribution < 1.29 is 4.79 Å². The minimum absolute atomic E-state index is 0.555. The SMILES string of the molecule is O=Cc1cccc2cnc(-c3ccccc3Cl)n12. The fourth-order valence-corrected chi connectivity index (χ4v) is 2.22. The highest BCUT2D eigenvalue weighted by molar-refractivity contribution is 6.33. The number of carbonyl (C=O) groups excluding carboxylic acids is 1. The van der Waals surface area contributed by atoms with E-state index in [1.165, 1.54) is 0 Å². The van der Waals surface area contributed by atoms with E-state index in [-0.39, 0.29) is 0 Å². The molecular weight excluding hydrogens is 248 g/mol. The van der Waals surface area contributed by atoms with Crippen LogP contribution >= 0.6 is 11.6 Å². The number of aldehydes is 1. The van der Waals surface area contributed by atoms with Gasteiger partial charge in [-0.2, -0.15) is 0 Å². The number of benzene rings is 1. The van der Waals surface area contributed by atoms with Crippen molar-refractivity contribution in [2.75, 3.05) is 0 Å². The highest BCUT2D eigenvalue weighted by Crippen LogP contribution is 2.27. The van der Waals surface area contributed by atoms with Crippen molar-refractivity contribution in [3.05, 3.63) is 59.4 Å². The average molecular weight is 257 g/mol. The molecule has 0 aliphatic heterocycles. The molecule has 0 saturated carbocycles. The number of hydrogen-bond acceptors (Lipinski definition) is 2. The number of halogens is 1. The smallest absolute Gasteiger partial charge is 0.166 e. The Bertz CT molecular complexity index is 733. The zero-order chi connectivity index (χ0) is 12.5. The number of carbonyl (C=O) groups is 1. The fourth-order valence-electron chi connectivity index (χ4n) is 2.00. The summed E-state index contributed by atoms with van der Waals surface area (Å²) in [6, 6.07) is 12.9. The second-order valence-corrected chi connectivity index (χ2v) is 4.30. The van der Waals surface area contributed by atoms with E-state index >= 15 is 0 Å². The molecule has 0 aliphatic carbocycles. The third-order valence-electron chi connectivity index (χ3n) is 2.82. The van der Waals surface area contributed by atoms with Crippen LogP contribution in [-0.2, 0) is 0 Å². The molecule has 3 nitrogen and oxygen atoms in total. The molecule has 3 aromatic rings. The monoisotopic (exact) mass is 256 g/mol. The Kier molecular flexibility index (Phi) is 2.61. The van der Waals surface area contributed by atoms with Gasteiger partial charge in [0.2, 0.25) is 0 Å². The van der Waals surface area contributed by atoms with Crippen molar-refractivity contribution >= 4 is 23.4 Å². The van der Waals surface area contributed by atoms with Crippen LogP contribution in [-0.4, -0.2) is 15.7 Å². The van der Waals surface area contributed by atoms with E-state index < -0.39 is 0 Å². The van der Waals surface area contributed by atoms with E-state index in [0.717, 1.165) is 17.4 Å². The van der Waals surface area contributed by atoms with Crippen LogP contribution in [0.4, 0.5) is 0 Å². The highest BCUT2D eigenvalue weighted by atomic mass is 35.5. The van der Waals surface area contributed by atoms with Crippen LogP contribution in [0, 0.1) is 0 Å². The Morgan fingerprint density at radius 1 is 1.11 bits per heavy atom. The number of aromatic nitrogens is 2. The molecule has 1 aromatic carbocycles. The van der Waals surface area contributed by atoms with Crippen LogP contribution in [0.1, 0.15) is 10.5 Å². The quantitative estimate of drug-likeness (QED) is 0.658. The summed E-state index contributed by atoms with van der Waals surface area (Å²) in [6.07, 6.45) is 2.54. The zero-order valence-corrected chi connectivity index (χ0v) is 10.1. The molecule has 0 aliphatic rings. The van der Waals surface area contributed by atoms with Crippen LogP contribution in [0.2, 0.25) is 5.02 Å². The molecule has 0 spiro atoms. The Labute approximate surface area is 109 Å². The standard InChI is InChI=1S/C14H9ClN2O/c15-13-7-2-1-6-12(13)14-16-8-10-4-3-5-11(9-18)17(10)14/h1-9H. The lowest BCUT2D eigenvalue weighted by atomic mass is 10.2. The average Bonchev–Trinajstić information content (AvgIpc) is 2.83. The van der Waals surface area contributed by atoms with Crippen molar-refractivity contribution in [1.82, 2.24) is 9.38 Å². The van der Waals surface area contributed by atoms with Crippen LogP contribution in [0.3, 0.4) is 0 Å². The van der Waals surface area contributed by atoms with Crippen LogP contribution in [0.5, 0.6) is 0 Å².